The molecule has 2 saturated heterocycles. The van der Waals surface area contributed by atoms with E-state index in [0.717, 1.165) is 39.3 Å². The van der Waals surface area contributed by atoms with E-state index >= 15 is 0 Å². The predicted octanol–water partition coefficient (Wildman–Crippen LogP) is 0.250. The van der Waals surface area contributed by atoms with Gasteiger partial charge in [0.25, 0.3) is 0 Å². The first-order valence-corrected chi connectivity index (χ1v) is 6.95. The molecule has 2 unspecified atom stereocenters. The van der Waals surface area contributed by atoms with Gasteiger partial charge in [0.1, 0.15) is 0 Å². The fraction of sp³-hybridized carbons (Fsp3) is 0.923. The Labute approximate surface area is 109 Å². The van der Waals surface area contributed by atoms with E-state index in [2.05, 4.69) is 5.32 Å². The summed E-state index contributed by atoms with van der Waals surface area (Å²) in [4.78, 5) is 14.0. The fourth-order valence-corrected chi connectivity index (χ4v) is 2.46. The first kappa shape index (κ1) is 13.8. The van der Waals surface area contributed by atoms with Crippen LogP contribution in [0.3, 0.4) is 0 Å². The molecule has 104 valence electrons. The van der Waals surface area contributed by atoms with Crippen LogP contribution in [0.15, 0.2) is 0 Å². The molecule has 0 aromatic rings. The van der Waals surface area contributed by atoms with Crippen molar-refractivity contribution in [1.29, 1.82) is 0 Å². The van der Waals surface area contributed by atoms with Gasteiger partial charge >= 0.3 is 0 Å². The number of carbonyl (C=O) groups excluding carboxylic acids is 1. The van der Waals surface area contributed by atoms with Crippen LogP contribution in [0, 0.1) is 5.92 Å². The lowest BCUT2D eigenvalue weighted by atomic mass is 10.0. The predicted molar refractivity (Wildman–Crippen MR) is 68.4 cm³/mol. The highest BCUT2D eigenvalue weighted by molar-refractivity contribution is 5.81. The van der Waals surface area contributed by atoms with Crippen LogP contribution in [0.4, 0.5) is 0 Å². The normalized spacial score (nSPS) is 26.9. The second kappa shape index (κ2) is 7.07. The first-order valence-electron chi connectivity index (χ1n) is 6.95. The molecule has 0 aliphatic carbocycles. The Morgan fingerprint density at radius 1 is 1.33 bits per heavy atom. The van der Waals surface area contributed by atoms with Gasteiger partial charge in [-0.2, -0.15) is 0 Å². The van der Waals surface area contributed by atoms with Crippen LogP contribution in [0.2, 0.25) is 0 Å². The standard InChI is InChI=1S/C13H24N2O3/c1-11(13(16)15-4-7-17-8-5-15)14-9-12-3-2-6-18-10-12/h11-12,14H,2-10H2,1H3. The van der Waals surface area contributed by atoms with Gasteiger partial charge in [0.15, 0.2) is 0 Å². The summed E-state index contributed by atoms with van der Waals surface area (Å²) in [6.45, 7) is 7.29. The molecule has 0 spiro atoms. The highest BCUT2D eigenvalue weighted by atomic mass is 16.5. The monoisotopic (exact) mass is 256 g/mol. The average Bonchev–Trinajstić information content (AvgIpc) is 2.46. The molecule has 1 N–H and O–H groups in total. The topological polar surface area (TPSA) is 50.8 Å². The summed E-state index contributed by atoms with van der Waals surface area (Å²) in [6.07, 6.45) is 2.34. The zero-order chi connectivity index (χ0) is 12.8. The average molecular weight is 256 g/mol. The Hall–Kier alpha value is -0.650. The van der Waals surface area contributed by atoms with Crippen LogP contribution >= 0.6 is 0 Å². The lowest BCUT2D eigenvalue weighted by Crippen LogP contribution is -2.50. The Morgan fingerprint density at radius 3 is 2.78 bits per heavy atom. The molecule has 5 heteroatoms. The Bertz CT molecular complexity index is 261. The van der Waals surface area contributed by atoms with Crippen molar-refractivity contribution in [2.24, 2.45) is 5.92 Å². The van der Waals surface area contributed by atoms with Crippen LogP contribution in [-0.4, -0.2) is 62.9 Å². The van der Waals surface area contributed by atoms with E-state index in [-0.39, 0.29) is 11.9 Å². The van der Waals surface area contributed by atoms with Gasteiger partial charge in [-0.15, -0.1) is 0 Å². The minimum absolute atomic E-state index is 0.106. The van der Waals surface area contributed by atoms with Crippen LogP contribution in [-0.2, 0) is 14.3 Å². The van der Waals surface area contributed by atoms with Gasteiger partial charge in [0.05, 0.1) is 25.9 Å². The Morgan fingerprint density at radius 2 is 2.11 bits per heavy atom. The third-order valence-electron chi connectivity index (χ3n) is 3.66. The summed E-state index contributed by atoms with van der Waals surface area (Å²) in [6, 6.07) is -0.106. The summed E-state index contributed by atoms with van der Waals surface area (Å²) < 4.78 is 10.7. The lowest BCUT2D eigenvalue weighted by Gasteiger charge is -2.30. The van der Waals surface area contributed by atoms with Crippen molar-refractivity contribution < 1.29 is 14.3 Å². The van der Waals surface area contributed by atoms with Gasteiger partial charge in [-0.25, -0.2) is 0 Å². The van der Waals surface area contributed by atoms with Gasteiger partial charge in [-0.05, 0) is 25.7 Å². The summed E-state index contributed by atoms with van der Waals surface area (Å²) in [5.74, 6) is 0.744. The van der Waals surface area contributed by atoms with E-state index < -0.39 is 0 Å². The van der Waals surface area contributed by atoms with E-state index in [1.54, 1.807) is 0 Å². The van der Waals surface area contributed by atoms with Crippen molar-refractivity contribution >= 4 is 5.91 Å². The van der Waals surface area contributed by atoms with Gasteiger partial charge in [-0.3, -0.25) is 4.79 Å². The maximum absolute atomic E-state index is 12.1. The fourth-order valence-electron chi connectivity index (χ4n) is 2.46. The van der Waals surface area contributed by atoms with Gasteiger partial charge in [0, 0.05) is 26.2 Å². The number of hydrogen-bond donors (Lipinski definition) is 1. The molecule has 5 nitrogen and oxygen atoms in total. The van der Waals surface area contributed by atoms with Crippen molar-refractivity contribution in [3.05, 3.63) is 0 Å². The quantitative estimate of drug-likeness (QED) is 0.783. The molecule has 1 amide bonds. The molecule has 2 atom stereocenters. The van der Waals surface area contributed by atoms with Gasteiger partial charge in [-0.1, -0.05) is 0 Å². The van der Waals surface area contributed by atoms with Crippen LogP contribution in [0.1, 0.15) is 19.8 Å². The molecule has 2 rings (SSSR count). The molecule has 2 aliphatic heterocycles. The highest BCUT2D eigenvalue weighted by Crippen LogP contribution is 2.12. The maximum atomic E-state index is 12.1. The summed E-state index contributed by atoms with van der Waals surface area (Å²) in [5, 5.41) is 3.34. The molecule has 18 heavy (non-hydrogen) atoms. The van der Waals surface area contributed by atoms with Crippen molar-refractivity contribution in [1.82, 2.24) is 10.2 Å². The number of amides is 1. The minimum atomic E-state index is -0.106. The number of nitrogens with one attached hydrogen (secondary N) is 1. The largest absolute Gasteiger partial charge is 0.381 e. The second-order valence-corrected chi connectivity index (χ2v) is 5.15. The van der Waals surface area contributed by atoms with Crippen molar-refractivity contribution in [3.63, 3.8) is 0 Å². The Kier molecular flexibility index (Phi) is 5.41. The summed E-state index contributed by atoms with van der Waals surface area (Å²) in [7, 11) is 0. The summed E-state index contributed by atoms with van der Waals surface area (Å²) >= 11 is 0. The number of morpholine rings is 1. The molecule has 0 bridgehead atoms. The molecule has 0 aromatic carbocycles. The smallest absolute Gasteiger partial charge is 0.239 e. The molecule has 2 heterocycles. The van der Waals surface area contributed by atoms with Crippen LogP contribution in [0.5, 0.6) is 0 Å². The molecule has 0 saturated carbocycles. The van der Waals surface area contributed by atoms with Crippen LogP contribution in [0.25, 0.3) is 0 Å². The van der Waals surface area contributed by atoms with Crippen molar-refractivity contribution in [3.8, 4) is 0 Å². The summed E-state index contributed by atoms with van der Waals surface area (Å²) in [5.41, 5.74) is 0. The van der Waals surface area contributed by atoms with Crippen LogP contribution < -0.4 is 5.32 Å². The number of hydrogen-bond acceptors (Lipinski definition) is 4. The van der Waals surface area contributed by atoms with E-state index in [9.17, 15) is 4.79 Å². The SMILES string of the molecule is CC(NCC1CCCOC1)C(=O)N1CCOCC1. The van der Waals surface area contributed by atoms with Crippen molar-refractivity contribution in [2.45, 2.75) is 25.8 Å². The van der Waals surface area contributed by atoms with E-state index in [4.69, 9.17) is 9.47 Å². The second-order valence-electron chi connectivity index (χ2n) is 5.15. The molecular weight excluding hydrogens is 232 g/mol. The zero-order valence-electron chi connectivity index (χ0n) is 11.2. The van der Waals surface area contributed by atoms with Gasteiger partial charge < -0.3 is 19.7 Å². The lowest BCUT2D eigenvalue weighted by molar-refractivity contribution is -0.137. The van der Waals surface area contributed by atoms with Crippen molar-refractivity contribution in [2.75, 3.05) is 46.1 Å². The Balaban J connectivity index is 1.69. The third kappa shape index (κ3) is 3.93. The third-order valence-corrected chi connectivity index (χ3v) is 3.66. The first-order chi connectivity index (χ1) is 8.77. The van der Waals surface area contributed by atoms with Gasteiger partial charge in [0.2, 0.25) is 5.91 Å². The maximum Gasteiger partial charge on any atom is 0.239 e. The minimum Gasteiger partial charge on any atom is -0.381 e. The number of ether oxygens (including phenoxy) is 2. The highest BCUT2D eigenvalue weighted by Gasteiger charge is 2.23. The number of carbonyl (C=O) groups is 1. The molecule has 0 aromatic heterocycles. The van der Waals surface area contributed by atoms with E-state index in [1.807, 2.05) is 11.8 Å². The molecule has 0 radical (unpaired) electrons. The van der Waals surface area contributed by atoms with E-state index in [0.29, 0.717) is 19.1 Å². The zero-order valence-corrected chi connectivity index (χ0v) is 11.2. The molecule has 2 aliphatic rings. The van der Waals surface area contributed by atoms with E-state index in [1.165, 1.54) is 6.42 Å². The number of nitrogens with zero attached hydrogens (tertiary/aromatic N) is 1. The molecule has 2 fully saturated rings. The number of rotatable bonds is 4. The molecular formula is C13H24N2O3.